The summed E-state index contributed by atoms with van der Waals surface area (Å²) in [6, 6.07) is 0. The van der Waals surface area contributed by atoms with E-state index in [1.54, 1.807) is 6.20 Å². The maximum absolute atomic E-state index is 13.1. The maximum atomic E-state index is 13.1. The molecule has 2 aliphatic rings. The predicted octanol–water partition coefficient (Wildman–Crippen LogP) is 2.46. The van der Waals surface area contributed by atoms with Gasteiger partial charge in [0.2, 0.25) is 0 Å². The van der Waals surface area contributed by atoms with Crippen molar-refractivity contribution in [3.8, 4) is 0 Å². The Labute approximate surface area is 166 Å². The van der Waals surface area contributed by atoms with E-state index < -0.39 is 0 Å². The molecule has 2 aliphatic heterocycles. The van der Waals surface area contributed by atoms with Gasteiger partial charge < -0.3 is 9.88 Å². The summed E-state index contributed by atoms with van der Waals surface area (Å²) in [5.41, 5.74) is 3.77. The van der Waals surface area contributed by atoms with Crippen molar-refractivity contribution in [2.45, 2.75) is 52.5 Å². The molecule has 0 bridgehead atoms. The highest BCUT2D eigenvalue weighted by molar-refractivity contribution is 5.95. The zero-order chi connectivity index (χ0) is 19.9. The van der Waals surface area contributed by atoms with Crippen molar-refractivity contribution in [3.63, 3.8) is 0 Å². The van der Waals surface area contributed by atoms with Gasteiger partial charge in [-0.25, -0.2) is 15.0 Å². The average Bonchev–Trinajstić information content (AvgIpc) is 3.14. The third-order valence-corrected chi connectivity index (χ3v) is 6.19. The van der Waals surface area contributed by atoms with Crippen molar-refractivity contribution in [2.24, 2.45) is 5.92 Å². The topological polar surface area (TPSA) is 78.0 Å². The molecular weight excluding hydrogens is 352 g/mol. The number of piperidine rings is 1. The quantitative estimate of drug-likeness (QED) is 0.882. The van der Waals surface area contributed by atoms with Crippen LogP contribution in [0.1, 0.15) is 60.0 Å². The van der Waals surface area contributed by atoms with Crippen molar-refractivity contribution in [3.05, 3.63) is 41.0 Å². The van der Waals surface area contributed by atoms with Crippen molar-refractivity contribution in [1.29, 1.82) is 0 Å². The van der Waals surface area contributed by atoms with Crippen LogP contribution in [-0.2, 0) is 12.0 Å². The molecule has 2 aromatic rings. The molecule has 7 nitrogen and oxygen atoms in total. The first kappa shape index (κ1) is 19.1. The molecule has 28 heavy (non-hydrogen) atoms. The number of aromatic amines is 1. The zero-order valence-electron chi connectivity index (χ0n) is 17.3. The lowest BCUT2D eigenvalue weighted by Gasteiger charge is -2.51. The predicted molar refractivity (Wildman–Crippen MR) is 107 cm³/mol. The van der Waals surface area contributed by atoms with Gasteiger partial charge in [-0.15, -0.1) is 0 Å². The lowest BCUT2D eigenvalue weighted by molar-refractivity contribution is 0.000575. The van der Waals surface area contributed by atoms with E-state index >= 15 is 0 Å². The summed E-state index contributed by atoms with van der Waals surface area (Å²) >= 11 is 0. The second kappa shape index (κ2) is 7.28. The Hall–Kier alpha value is -2.28. The first-order chi connectivity index (χ1) is 13.4. The van der Waals surface area contributed by atoms with Crippen molar-refractivity contribution in [2.75, 3.05) is 26.2 Å². The highest BCUT2D eigenvalue weighted by Gasteiger charge is 2.47. The third kappa shape index (κ3) is 3.21. The summed E-state index contributed by atoms with van der Waals surface area (Å²) in [4.78, 5) is 34.3. The molecule has 1 spiro atoms. The first-order valence-electron chi connectivity index (χ1n) is 10.3. The number of rotatable bonds is 3. The highest BCUT2D eigenvalue weighted by Crippen LogP contribution is 2.42. The van der Waals surface area contributed by atoms with E-state index in [1.807, 2.05) is 25.1 Å². The SMILES string of the molecule is Cc1ncc(C(=O)N2CCC3(CC2)c2nc[nH]c2CCN3CC(C)C)c(C)n1. The number of likely N-dealkylation sites (tertiary alicyclic amines) is 1. The summed E-state index contributed by atoms with van der Waals surface area (Å²) < 4.78 is 0. The number of nitrogens with zero attached hydrogens (tertiary/aromatic N) is 5. The molecule has 0 atom stereocenters. The van der Waals surface area contributed by atoms with Gasteiger partial charge >= 0.3 is 0 Å². The fraction of sp³-hybridized carbons (Fsp3) is 0.619. The number of hydrogen-bond donors (Lipinski definition) is 1. The number of fused-ring (bicyclic) bond motifs is 2. The third-order valence-electron chi connectivity index (χ3n) is 6.19. The standard InChI is InChI=1S/C21H30N6O/c1-14(2)12-27-8-5-18-19(24-13-23-18)21(27)6-9-26(10-7-21)20(28)17-11-22-16(4)25-15(17)3/h11,13-14H,5-10,12H2,1-4H3,(H,23,24). The normalized spacial score (nSPS) is 19.2. The lowest BCUT2D eigenvalue weighted by Crippen LogP contribution is -2.57. The number of hydrogen-bond acceptors (Lipinski definition) is 5. The van der Waals surface area contributed by atoms with Crippen LogP contribution in [0.4, 0.5) is 0 Å². The Kier molecular flexibility index (Phi) is 4.95. The van der Waals surface area contributed by atoms with E-state index in [4.69, 9.17) is 4.98 Å². The van der Waals surface area contributed by atoms with Crippen LogP contribution < -0.4 is 0 Å². The monoisotopic (exact) mass is 382 g/mol. The zero-order valence-corrected chi connectivity index (χ0v) is 17.3. The number of carbonyl (C=O) groups is 1. The minimum atomic E-state index is -0.0620. The van der Waals surface area contributed by atoms with Gasteiger partial charge in [0.1, 0.15) is 5.82 Å². The minimum absolute atomic E-state index is 0.0424. The fourth-order valence-corrected chi connectivity index (χ4v) is 4.83. The fourth-order valence-electron chi connectivity index (χ4n) is 4.83. The average molecular weight is 383 g/mol. The van der Waals surface area contributed by atoms with Gasteiger partial charge in [0.05, 0.1) is 28.8 Å². The van der Waals surface area contributed by atoms with Gasteiger partial charge in [-0.05, 0) is 32.6 Å². The molecule has 1 amide bonds. The van der Waals surface area contributed by atoms with Gasteiger partial charge in [-0.1, -0.05) is 13.8 Å². The molecule has 7 heteroatoms. The van der Waals surface area contributed by atoms with Gasteiger partial charge in [-0.3, -0.25) is 9.69 Å². The Bertz CT molecular complexity index is 866. The molecule has 1 N–H and O–H groups in total. The Morgan fingerprint density at radius 2 is 1.96 bits per heavy atom. The molecule has 0 unspecified atom stereocenters. The number of imidazole rings is 1. The number of H-pyrrole nitrogens is 1. The number of aromatic nitrogens is 4. The number of nitrogens with one attached hydrogen (secondary N) is 1. The van der Waals surface area contributed by atoms with Crippen LogP contribution in [0.3, 0.4) is 0 Å². The maximum Gasteiger partial charge on any atom is 0.257 e. The Morgan fingerprint density at radius 3 is 2.64 bits per heavy atom. The summed E-state index contributed by atoms with van der Waals surface area (Å²) in [7, 11) is 0. The smallest absolute Gasteiger partial charge is 0.257 e. The molecule has 1 saturated heterocycles. The number of amides is 1. The van der Waals surface area contributed by atoms with E-state index in [9.17, 15) is 4.79 Å². The second-order valence-corrected chi connectivity index (χ2v) is 8.56. The van der Waals surface area contributed by atoms with E-state index in [0.29, 0.717) is 17.3 Å². The van der Waals surface area contributed by atoms with Crippen LogP contribution >= 0.6 is 0 Å². The Morgan fingerprint density at radius 1 is 1.21 bits per heavy atom. The molecule has 0 aromatic carbocycles. The first-order valence-corrected chi connectivity index (χ1v) is 10.3. The molecule has 0 saturated carbocycles. The molecule has 0 radical (unpaired) electrons. The molecule has 1 fully saturated rings. The van der Waals surface area contributed by atoms with Crippen LogP contribution in [-0.4, -0.2) is 61.8 Å². The molecule has 4 rings (SSSR count). The summed E-state index contributed by atoms with van der Waals surface area (Å²) in [5, 5.41) is 0. The molecule has 2 aromatic heterocycles. The molecule has 150 valence electrons. The largest absolute Gasteiger partial charge is 0.348 e. The van der Waals surface area contributed by atoms with E-state index in [0.717, 1.165) is 51.1 Å². The van der Waals surface area contributed by atoms with Crippen LogP contribution in [0, 0.1) is 19.8 Å². The lowest BCUT2D eigenvalue weighted by atomic mass is 9.78. The summed E-state index contributed by atoms with van der Waals surface area (Å²) in [6.45, 7) is 11.8. The highest BCUT2D eigenvalue weighted by atomic mass is 16.2. The van der Waals surface area contributed by atoms with Gasteiger partial charge in [0.15, 0.2) is 0 Å². The summed E-state index contributed by atoms with van der Waals surface area (Å²) in [6.07, 6.45) is 6.34. The molecular formula is C21H30N6O. The van der Waals surface area contributed by atoms with Crippen molar-refractivity contribution in [1.82, 2.24) is 29.7 Å². The number of carbonyl (C=O) groups excluding carboxylic acids is 1. The van der Waals surface area contributed by atoms with Crippen molar-refractivity contribution < 1.29 is 4.79 Å². The molecule has 0 aliphatic carbocycles. The van der Waals surface area contributed by atoms with Crippen LogP contribution in [0.25, 0.3) is 0 Å². The van der Waals surface area contributed by atoms with Crippen molar-refractivity contribution >= 4 is 5.91 Å². The minimum Gasteiger partial charge on any atom is -0.348 e. The van der Waals surface area contributed by atoms with Crippen LogP contribution in [0.2, 0.25) is 0 Å². The second-order valence-electron chi connectivity index (χ2n) is 8.56. The molecule has 4 heterocycles. The van der Waals surface area contributed by atoms with E-state index in [1.165, 1.54) is 11.4 Å². The number of aryl methyl sites for hydroxylation is 2. The van der Waals surface area contributed by atoms with Gasteiger partial charge in [-0.2, -0.15) is 0 Å². The Balaban J connectivity index is 1.56. The van der Waals surface area contributed by atoms with Crippen LogP contribution in [0.5, 0.6) is 0 Å². The van der Waals surface area contributed by atoms with Crippen LogP contribution in [0.15, 0.2) is 12.5 Å². The van der Waals surface area contributed by atoms with Gasteiger partial charge in [0.25, 0.3) is 5.91 Å². The summed E-state index contributed by atoms with van der Waals surface area (Å²) in [5.74, 6) is 1.34. The van der Waals surface area contributed by atoms with Gasteiger partial charge in [0, 0.05) is 44.5 Å². The van der Waals surface area contributed by atoms with E-state index in [-0.39, 0.29) is 11.4 Å². The van der Waals surface area contributed by atoms with E-state index in [2.05, 4.69) is 33.7 Å².